The van der Waals surface area contributed by atoms with Crippen LogP contribution < -0.4 is 15.4 Å². The predicted molar refractivity (Wildman–Crippen MR) is 116 cm³/mol. The van der Waals surface area contributed by atoms with Gasteiger partial charge in [-0.3, -0.25) is 4.79 Å². The first-order valence-corrected chi connectivity index (χ1v) is 10.8. The molecule has 1 saturated carbocycles. The number of para-hydroxylation sites is 1. The Morgan fingerprint density at radius 3 is 2.47 bits per heavy atom. The fourth-order valence-corrected chi connectivity index (χ4v) is 3.21. The molecule has 1 aliphatic rings. The van der Waals surface area contributed by atoms with Crippen LogP contribution in [0, 0.1) is 5.92 Å². The Kier molecular flexibility index (Phi) is 8.53. The summed E-state index contributed by atoms with van der Waals surface area (Å²) >= 11 is 0. The highest BCUT2D eigenvalue weighted by Crippen LogP contribution is 2.32. The number of aliphatic carboxylic acids is 1. The van der Waals surface area contributed by atoms with Crippen LogP contribution in [0.2, 0.25) is 0 Å². The molecule has 0 aliphatic heterocycles. The Labute approximate surface area is 179 Å². The van der Waals surface area contributed by atoms with E-state index in [0.29, 0.717) is 6.54 Å². The van der Waals surface area contributed by atoms with Crippen molar-refractivity contribution in [2.24, 2.45) is 5.92 Å². The molecule has 0 saturated heterocycles. The molecule has 0 heterocycles. The number of amides is 1. The van der Waals surface area contributed by atoms with Crippen molar-refractivity contribution in [3.63, 3.8) is 0 Å². The molecule has 0 radical (unpaired) electrons. The largest absolute Gasteiger partial charge is 0.489 e. The number of carbonyl (C=O) groups is 2. The third kappa shape index (κ3) is 8.61. The molecule has 0 bridgehead atoms. The predicted octanol–water partition coefficient (Wildman–Crippen LogP) is 3.75. The summed E-state index contributed by atoms with van der Waals surface area (Å²) in [5.74, 6) is 0.229. The maximum absolute atomic E-state index is 11.9. The van der Waals surface area contributed by atoms with Crippen molar-refractivity contribution in [1.82, 2.24) is 10.6 Å². The molecule has 168 valence electrons. The Balaban J connectivity index is 1.83. The molecular formula is C23H36N2O5. The van der Waals surface area contributed by atoms with Crippen molar-refractivity contribution in [3.05, 3.63) is 29.8 Å². The van der Waals surface area contributed by atoms with Gasteiger partial charge < -0.3 is 25.2 Å². The minimum atomic E-state index is -0.795. The summed E-state index contributed by atoms with van der Waals surface area (Å²) in [6.07, 6.45) is 2.85. The van der Waals surface area contributed by atoms with Crippen molar-refractivity contribution in [1.29, 1.82) is 0 Å². The van der Waals surface area contributed by atoms with Gasteiger partial charge in [-0.2, -0.15) is 0 Å². The Morgan fingerprint density at radius 1 is 1.20 bits per heavy atom. The van der Waals surface area contributed by atoms with Gasteiger partial charge in [0.25, 0.3) is 0 Å². The van der Waals surface area contributed by atoms with Crippen molar-refractivity contribution < 1.29 is 24.2 Å². The van der Waals surface area contributed by atoms with Crippen LogP contribution in [0.25, 0.3) is 0 Å². The summed E-state index contributed by atoms with van der Waals surface area (Å²) in [5, 5.41) is 15.3. The number of carboxylic acids is 1. The van der Waals surface area contributed by atoms with E-state index in [1.54, 1.807) is 0 Å². The summed E-state index contributed by atoms with van der Waals surface area (Å²) in [4.78, 5) is 23.3. The van der Waals surface area contributed by atoms with Crippen molar-refractivity contribution in [2.75, 3.05) is 6.54 Å². The molecule has 2 rings (SSSR count). The lowest BCUT2D eigenvalue weighted by Crippen LogP contribution is -2.43. The summed E-state index contributed by atoms with van der Waals surface area (Å²) in [6.45, 7) is 9.86. The van der Waals surface area contributed by atoms with E-state index in [1.807, 2.05) is 58.9 Å². The molecule has 1 fully saturated rings. The van der Waals surface area contributed by atoms with E-state index in [-0.39, 0.29) is 18.1 Å². The van der Waals surface area contributed by atoms with Crippen LogP contribution in [0.15, 0.2) is 24.3 Å². The van der Waals surface area contributed by atoms with E-state index in [1.165, 1.54) is 0 Å². The van der Waals surface area contributed by atoms with E-state index in [4.69, 9.17) is 9.47 Å². The Bertz CT molecular complexity index is 712. The number of rotatable bonds is 11. The quantitative estimate of drug-likeness (QED) is 0.504. The number of nitrogens with one attached hydrogen (secondary N) is 2. The van der Waals surface area contributed by atoms with Crippen LogP contribution in [0.4, 0.5) is 4.79 Å². The van der Waals surface area contributed by atoms with E-state index in [0.717, 1.165) is 37.0 Å². The van der Waals surface area contributed by atoms with E-state index in [2.05, 4.69) is 10.6 Å². The maximum atomic E-state index is 11.9. The van der Waals surface area contributed by atoms with Crippen molar-refractivity contribution in [3.8, 4) is 5.75 Å². The molecule has 0 aromatic heterocycles. The molecule has 3 N–H and O–H groups in total. The van der Waals surface area contributed by atoms with Crippen LogP contribution in [-0.2, 0) is 16.0 Å². The summed E-state index contributed by atoms with van der Waals surface area (Å²) < 4.78 is 11.4. The van der Waals surface area contributed by atoms with Crippen LogP contribution in [0.5, 0.6) is 5.75 Å². The summed E-state index contributed by atoms with van der Waals surface area (Å²) in [5.41, 5.74) is 0.535. The number of hydrogen-bond donors (Lipinski definition) is 3. The second-order valence-electron chi connectivity index (χ2n) is 9.18. The number of alkyl carbamates (subject to hydrolysis) is 1. The van der Waals surface area contributed by atoms with Gasteiger partial charge in [-0.05, 0) is 77.8 Å². The maximum Gasteiger partial charge on any atom is 0.407 e. The smallest absolute Gasteiger partial charge is 0.407 e. The lowest BCUT2D eigenvalue weighted by molar-refractivity contribution is -0.140. The van der Waals surface area contributed by atoms with Crippen LogP contribution in [0.1, 0.15) is 59.4 Å². The summed E-state index contributed by atoms with van der Waals surface area (Å²) in [7, 11) is 0. The van der Waals surface area contributed by atoms with Crippen molar-refractivity contribution in [2.45, 2.75) is 84.1 Å². The normalized spacial score (nSPS) is 17.0. The molecule has 30 heavy (non-hydrogen) atoms. The Hall–Kier alpha value is -2.28. The second kappa shape index (κ2) is 10.7. The van der Waals surface area contributed by atoms with Crippen LogP contribution in [-0.4, -0.2) is 47.5 Å². The van der Waals surface area contributed by atoms with E-state index < -0.39 is 23.7 Å². The van der Waals surface area contributed by atoms with Gasteiger partial charge >= 0.3 is 12.1 Å². The lowest BCUT2D eigenvalue weighted by Gasteiger charge is -2.22. The molecule has 7 heteroatoms. The van der Waals surface area contributed by atoms with Gasteiger partial charge in [0.05, 0.1) is 0 Å². The zero-order valence-electron chi connectivity index (χ0n) is 18.7. The third-order valence-electron chi connectivity index (χ3n) is 4.90. The highest BCUT2D eigenvalue weighted by molar-refractivity contribution is 5.74. The molecule has 1 aromatic carbocycles. The number of carboxylic acid groups (broad SMARTS) is 1. The molecule has 0 spiro atoms. The third-order valence-corrected chi connectivity index (χ3v) is 4.90. The molecule has 1 aromatic rings. The fourth-order valence-electron chi connectivity index (χ4n) is 3.21. The first-order valence-electron chi connectivity index (χ1n) is 10.8. The molecule has 1 aliphatic carbocycles. The summed E-state index contributed by atoms with van der Waals surface area (Å²) in [6, 6.07) is 7.29. The minimum Gasteiger partial charge on any atom is -0.489 e. The van der Waals surface area contributed by atoms with Gasteiger partial charge in [-0.15, -0.1) is 0 Å². The van der Waals surface area contributed by atoms with Crippen LogP contribution >= 0.6 is 0 Å². The number of ether oxygens (including phenoxy) is 2. The molecule has 3 atom stereocenters. The van der Waals surface area contributed by atoms with E-state index >= 15 is 0 Å². The van der Waals surface area contributed by atoms with E-state index in [9.17, 15) is 14.7 Å². The number of aryl methyl sites for hydroxylation is 1. The molecule has 0 unspecified atom stereocenters. The average Bonchev–Trinajstić information content (AvgIpc) is 3.44. The SMILES string of the molecule is C[C@H](CN[C@H](C(=O)O)C1CC1)Oc1ccccc1CC[C@H](C)NC(=O)OC(C)(C)C. The average molecular weight is 421 g/mol. The zero-order valence-corrected chi connectivity index (χ0v) is 18.7. The van der Waals surface area contributed by atoms with Crippen LogP contribution in [0.3, 0.4) is 0 Å². The lowest BCUT2D eigenvalue weighted by atomic mass is 10.1. The minimum absolute atomic E-state index is 0.0399. The van der Waals surface area contributed by atoms with Gasteiger partial charge in [0, 0.05) is 12.6 Å². The number of benzene rings is 1. The highest BCUT2D eigenvalue weighted by Gasteiger charge is 2.36. The van der Waals surface area contributed by atoms with Gasteiger partial charge in [0.1, 0.15) is 23.5 Å². The molecule has 7 nitrogen and oxygen atoms in total. The standard InChI is InChI=1S/C23H36N2O5/c1-15(25-22(28)30-23(3,4)5)10-11-17-8-6-7-9-19(17)29-16(2)14-24-20(21(26)27)18-12-13-18/h6-9,15-16,18,20,24H,10-14H2,1-5H3,(H,25,28)(H,26,27)/t15-,16+,20-/m0/s1. The molecule has 1 amide bonds. The first-order chi connectivity index (χ1) is 14.0. The topological polar surface area (TPSA) is 96.9 Å². The molecular weight excluding hydrogens is 384 g/mol. The first kappa shape index (κ1) is 24.0. The Morgan fingerprint density at radius 2 is 1.87 bits per heavy atom. The monoisotopic (exact) mass is 420 g/mol. The van der Waals surface area contributed by atoms with Gasteiger partial charge in [-0.25, -0.2) is 4.79 Å². The number of carbonyl (C=O) groups excluding carboxylic acids is 1. The highest BCUT2D eigenvalue weighted by atomic mass is 16.6. The fraction of sp³-hybridized carbons (Fsp3) is 0.652. The zero-order chi connectivity index (χ0) is 22.3. The van der Waals surface area contributed by atoms with Crippen molar-refractivity contribution >= 4 is 12.1 Å². The second-order valence-corrected chi connectivity index (χ2v) is 9.18. The van der Waals surface area contributed by atoms with Gasteiger partial charge in [0.15, 0.2) is 0 Å². The van der Waals surface area contributed by atoms with Gasteiger partial charge in [-0.1, -0.05) is 18.2 Å². The number of hydrogen-bond acceptors (Lipinski definition) is 5. The van der Waals surface area contributed by atoms with Gasteiger partial charge in [0.2, 0.25) is 0 Å².